The number of halogens is 1. The predicted molar refractivity (Wildman–Crippen MR) is 117 cm³/mol. The molecule has 10 heteroatoms. The zero-order valence-corrected chi connectivity index (χ0v) is 17.7. The van der Waals surface area contributed by atoms with E-state index in [0.29, 0.717) is 36.9 Å². The zero-order valence-electron chi connectivity index (χ0n) is 16.1. The fraction of sp³-hybridized carbons (Fsp3) is 0.300. The first-order chi connectivity index (χ1) is 14.4. The summed E-state index contributed by atoms with van der Waals surface area (Å²) in [7, 11) is 0. The van der Waals surface area contributed by atoms with Crippen LogP contribution in [0.5, 0.6) is 0 Å². The number of benzene rings is 2. The first-order valence-electron chi connectivity index (χ1n) is 9.34. The van der Waals surface area contributed by atoms with Crippen LogP contribution in [-0.4, -0.2) is 65.0 Å². The van der Waals surface area contributed by atoms with E-state index in [9.17, 15) is 19.7 Å². The average molecular weight is 449 g/mol. The van der Waals surface area contributed by atoms with E-state index < -0.39 is 4.92 Å². The van der Waals surface area contributed by atoms with Gasteiger partial charge in [-0.3, -0.25) is 24.6 Å². The van der Waals surface area contributed by atoms with Gasteiger partial charge in [-0.2, -0.15) is 0 Å². The molecule has 2 aromatic rings. The molecule has 0 atom stereocenters. The van der Waals surface area contributed by atoms with Crippen molar-refractivity contribution >= 4 is 46.6 Å². The number of nitro benzene ring substituents is 1. The Morgan fingerprint density at radius 3 is 2.37 bits per heavy atom. The number of hydrogen-bond donors (Lipinski definition) is 1. The molecule has 2 amide bonds. The molecule has 1 saturated heterocycles. The summed E-state index contributed by atoms with van der Waals surface area (Å²) in [5.74, 6) is 0.139. The van der Waals surface area contributed by atoms with Crippen LogP contribution in [0.2, 0.25) is 5.02 Å². The summed E-state index contributed by atoms with van der Waals surface area (Å²) in [6, 6.07) is 13.2. The van der Waals surface area contributed by atoms with Gasteiger partial charge < -0.3 is 10.2 Å². The van der Waals surface area contributed by atoms with Crippen molar-refractivity contribution < 1.29 is 14.5 Å². The quantitative estimate of drug-likeness (QED) is 0.397. The smallest absolute Gasteiger partial charge is 0.269 e. The van der Waals surface area contributed by atoms with Crippen molar-refractivity contribution in [3.8, 4) is 0 Å². The fourth-order valence-corrected chi connectivity index (χ4v) is 4.00. The molecule has 2 aromatic carbocycles. The molecule has 1 aliphatic heterocycles. The second-order valence-electron chi connectivity index (χ2n) is 6.72. The van der Waals surface area contributed by atoms with Crippen molar-refractivity contribution in [1.82, 2.24) is 9.80 Å². The highest BCUT2D eigenvalue weighted by atomic mass is 35.5. The molecule has 3 rings (SSSR count). The molecule has 1 heterocycles. The minimum Gasteiger partial charge on any atom is -0.339 e. The third-order valence-corrected chi connectivity index (χ3v) is 5.98. The molecule has 0 bridgehead atoms. The largest absolute Gasteiger partial charge is 0.339 e. The highest BCUT2D eigenvalue weighted by Gasteiger charge is 2.22. The van der Waals surface area contributed by atoms with Crippen LogP contribution < -0.4 is 5.32 Å². The fourth-order valence-electron chi connectivity index (χ4n) is 3.01. The van der Waals surface area contributed by atoms with Crippen molar-refractivity contribution in [2.24, 2.45) is 0 Å². The molecule has 0 aromatic heterocycles. The Bertz CT molecular complexity index is 917. The van der Waals surface area contributed by atoms with E-state index in [4.69, 9.17) is 11.6 Å². The molecule has 1 aliphatic rings. The lowest BCUT2D eigenvalue weighted by Crippen LogP contribution is -2.50. The summed E-state index contributed by atoms with van der Waals surface area (Å²) in [5.41, 5.74) is 0.613. The van der Waals surface area contributed by atoms with Gasteiger partial charge in [-0.05, 0) is 24.3 Å². The van der Waals surface area contributed by atoms with Crippen LogP contribution in [0.1, 0.15) is 0 Å². The number of piperazine rings is 1. The zero-order chi connectivity index (χ0) is 21.5. The van der Waals surface area contributed by atoms with Gasteiger partial charge >= 0.3 is 0 Å². The summed E-state index contributed by atoms with van der Waals surface area (Å²) >= 11 is 7.41. The molecule has 30 heavy (non-hydrogen) atoms. The van der Waals surface area contributed by atoms with E-state index in [0.717, 1.165) is 4.90 Å². The molecule has 0 saturated carbocycles. The van der Waals surface area contributed by atoms with Crippen LogP contribution in [0.15, 0.2) is 53.4 Å². The molecule has 158 valence electrons. The topological polar surface area (TPSA) is 95.8 Å². The van der Waals surface area contributed by atoms with E-state index >= 15 is 0 Å². The number of nitrogens with zero attached hydrogens (tertiary/aromatic N) is 3. The monoisotopic (exact) mass is 448 g/mol. The SMILES string of the molecule is O=C(CN1CCN(C(=O)CSc2ccc([N+](=O)[O-])cc2)CC1)Nc1ccccc1Cl. The average Bonchev–Trinajstić information content (AvgIpc) is 2.74. The Kier molecular flexibility index (Phi) is 7.67. The number of thioether (sulfide) groups is 1. The van der Waals surface area contributed by atoms with Crippen LogP contribution in [0.25, 0.3) is 0 Å². The second kappa shape index (κ2) is 10.4. The van der Waals surface area contributed by atoms with Gasteiger partial charge in [-0.1, -0.05) is 23.7 Å². The summed E-state index contributed by atoms with van der Waals surface area (Å²) in [5, 5.41) is 14.0. The first kappa shape index (κ1) is 22.1. The van der Waals surface area contributed by atoms with Gasteiger partial charge in [-0.25, -0.2) is 0 Å². The third kappa shape index (κ3) is 6.19. The molecule has 1 fully saturated rings. The Labute approximate surface area is 183 Å². The van der Waals surface area contributed by atoms with Gasteiger partial charge in [0.15, 0.2) is 0 Å². The van der Waals surface area contributed by atoms with Gasteiger partial charge in [0.2, 0.25) is 11.8 Å². The van der Waals surface area contributed by atoms with E-state index in [1.54, 1.807) is 41.3 Å². The van der Waals surface area contributed by atoms with Gasteiger partial charge in [-0.15, -0.1) is 11.8 Å². The van der Waals surface area contributed by atoms with Crippen LogP contribution in [0.3, 0.4) is 0 Å². The molecular formula is C20H21ClN4O4S. The normalized spacial score (nSPS) is 14.4. The molecule has 0 unspecified atom stereocenters. The lowest BCUT2D eigenvalue weighted by molar-refractivity contribution is -0.384. The highest BCUT2D eigenvalue weighted by Crippen LogP contribution is 2.22. The summed E-state index contributed by atoms with van der Waals surface area (Å²) in [6.07, 6.45) is 0. The number of anilines is 1. The standard InChI is InChI=1S/C20H21ClN4O4S/c21-17-3-1-2-4-18(17)22-19(26)13-23-9-11-24(12-10-23)20(27)14-30-16-7-5-15(6-8-16)25(28)29/h1-8H,9-14H2,(H,22,26). The number of para-hydroxylation sites is 1. The van der Waals surface area contributed by atoms with Crippen molar-refractivity contribution in [2.75, 3.05) is 43.8 Å². The number of hydrogen-bond acceptors (Lipinski definition) is 6. The number of amides is 2. The third-order valence-electron chi connectivity index (χ3n) is 4.65. The maximum Gasteiger partial charge on any atom is 0.269 e. The molecule has 0 radical (unpaired) electrons. The minimum atomic E-state index is -0.451. The van der Waals surface area contributed by atoms with Crippen LogP contribution in [-0.2, 0) is 9.59 Å². The highest BCUT2D eigenvalue weighted by molar-refractivity contribution is 8.00. The Morgan fingerprint density at radius 2 is 1.73 bits per heavy atom. The lowest BCUT2D eigenvalue weighted by atomic mass is 10.3. The van der Waals surface area contributed by atoms with Gasteiger partial charge in [0.05, 0.1) is 27.9 Å². The van der Waals surface area contributed by atoms with Crippen molar-refractivity contribution in [2.45, 2.75) is 4.90 Å². The van der Waals surface area contributed by atoms with Crippen LogP contribution in [0, 0.1) is 10.1 Å². The minimum absolute atomic E-state index is 0.0125. The summed E-state index contributed by atoms with van der Waals surface area (Å²) < 4.78 is 0. The van der Waals surface area contributed by atoms with Crippen molar-refractivity contribution in [3.05, 3.63) is 63.7 Å². The Balaban J connectivity index is 1.40. The predicted octanol–water partition coefficient (Wildman–Crippen LogP) is 3.12. The van der Waals surface area contributed by atoms with Crippen molar-refractivity contribution in [3.63, 3.8) is 0 Å². The van der Waals surface area contributed by atoms with Gasteiger partial charge in [0.25, 0.3) is 5.69 Å². The maximum absolute atomic E-state index is 12.4. The number of nitro groups is 1. The van der Waals surface area contributed by atoms with E-state index in [2.05, 4.69) is 5.32 Å². The number of non-ortho nitro benzene ring substituents is 1. The van der Waals surface area contributed by atoms with Crippen LogP contribution >= 0.6 is 23.4 Å². The van der Waals surface area contributed by atoms with Crippen molar-refractivity contribution in [1.29, 1.82) is 0 Å². The molecule has 0 spiro atoms. The van der Waals surface area contributed by atoms with Gasteiger partial charge in [0, 0.05) is 43.2 Å². The molecular weight excluding hydrogens is 428 g/mol. The lowest BCUT2D eigenvalue weighted by Gasteiger charge is -2.34. The van der Waals surface area contributed by atoms with E-state index in [-0.39, 0.29) is 29.8 Å². The van der Waals surface area contributed by atoms with Gasteiger partial charge in [0.1, 0.15) is 0 Å². The number of rotatable bonds is 7. The Hall–Kier alpha value is -2.62. The molecule has 0 aliphatic carbocycles. The first-order valence-corrected chi connectivity index (χ1v) is 10.7. The molecule has 1 N–H and O–H groups in total. The van der Waals surface area contributed by atoms with Crippen LogP contribution in [0.4, 0.5) is 11.4 Å². The van der Waals surface area contributed by atoms with E-state index in [1.165, 1.54) is 23.9 Å². The molecule has 8 nitrogen and oxygen atoms in total. The number of nitrogens with one attached hydrogen (secondary N) is 1. The number of carbonyl (C=O) groups is 2. The van der Waals surface area contributed by atoms with E-state index in [1.807, 2.05) is 4.90 Å². The Morgan fingerprint density at radius 1 is 1.07 bits per heavy atom. The number of carbonyl (C=O) groups excluding carboxylic acids is 2. The summed E-state index contributed by atoms with van der Waals surface area (Å²) in [4.78, 5) is 39.5. The maximum atomic E-state index is 12.4. The second-order valence-corrected chi connectivity index (χ2v) is 8.18. The summed E-state index contributed by atoms with van der Waals surface area (Å²) in [6.45, 7) is 2.58.